The normalized spacial score (nSPS) is 10.7. The first-order valence-corrected chi connectivity index (χ1v) is 8.17. The summed E-state index contributed by atoms with van der Waals surface area (Å²) in [4.78, 5) is 14.0. The van der Waals surface area contributed by atoms with Crippen molar-refractivity contribution in [1.29, 1.82) is 0 Å². The van der Waals surface area contributed by atoms with Crippen LogP contribution in [0.25, 0.3) is 10.8 Å². The van der Waals surface area contributed by atoms with Crippen molar-refractivity contribution in [2.45, 2.75) is 19.5 Å². The molecule has 0 fully saturated rings. The number of nitrogens with zero attached hydrogens (tertiary/aromatic N) is 3. The van der Waals surface area contributed by atoms with Crippen molar-refractivity contribution in [2.75, 3.05) is 13.6 Å². The highest BCUT2D eigenvalue weighted by atomic mass is 16.2. The molecule has 5 nitrogen and oxygen atoms in total. The Kier molecular flexibility index (Phi) is 5.11. The van der Waals surface area contributed by atoms with Crippen LogP contribution in [0.2, 0.25) is 0 Å². The average molecular weight is 322 g/mol. The molecule has 0 spiro atoms. The predicted molar refractivity (Wildman–Crippen MR) is 95.7 cm³/mol. The van der Waals surface area contributed by atoms with Gasteiger partial charge in [-0.1, -0.05) is 42.5 Å². The highest BCUT2D eigenvalue weighted by molar-refractivity contribution is 5.86. The molecule has 0 atom stereocenters. The Balaban J connectivity index is 1.52. The molecule has 0 aliphatic heterocycles. The van der Waals surface area contributed by atoms with Crippen LogP contribution in [0.3, 0.4) is 0 Å². The second-order valence-corrected chi connectivity index (χ2v) is 5.85. The van der Waals surface area contributed by atoms with Gasteiger partial charge in [-0.2, -0.15) is 5.10 Å². The van der Waals surface area contributed by atoms with Crippen molar-refractivity contribution in [1.82, 2.24) is 20.0 Å². The number of rotatable bonds is 6. The Hall–Kier alpha value is -2.82. The summed E-state index contributed by atoms with van der Waals surface area (Å²) >= 11 is 0. The Bertz CT molecular complexity index is 793. The molecule has 0 saturated carbocycles. The molecule has 1 N–H and O–H groups in total. The van der Waals surface area contributed by atoms with Crippen LogP contribution in [0.1, 0.15) is 12.0 Å². The zero-order valence-electron chi connectivity index (χ0n) is 13.9. The lowest BCUT2D eigenvalue weighted by Crippen LogP contribution is -2.37. The summed E-state index contributed by atoms with van der Waals surface area (Å²) in [6.07, 6.45) is 4.54. The SMILES string of the molecule is CN(Cc1cccc2ccccc12)C(=O)NCCCn1cccn1. The average Bonchev–Trinajstić information content (AvgIpc) is 3.12. The number of aromatic nitrogens is 2. The number of aryl methyl sites for hydroxylation is 1. The maximum Gasteiger partial charge on any atom is 0.317 e. The van der Waals surface area contributed by atoms with Gasteiger partial charge in [0.15, 0.2) is 0 Å². The first-order chi connectivity index (χ1) is 11.7. The molecule has 3 aromatic rings. The van der Waals surface area contributed by atoms with Crippen LogP contribution >= 0.6 is 0 Å². The minimum Gasteiger partial charge on any atom is -0.338 e. The molecule has 5 heteroatoms. The molecule has 0 unspecified atom stereocenters. The van der Waals surface area contributed by atoms with Crippen molar-refractivity contribution in [3.63, 3.8) is 0 Å². The Labute approximate surface area is 141 Å². The molecule has 0 bridgehead atoms. The van der Waals surface area contributed by atoms with Crippen LogP contribution in [0, 0.1) is 0 Å². The number of benzene rings is 2. The van der Waals surface area contributed by atoms with Gasteiger partial charge in [-0.05, 0) is 28.8 Å². The summed E-state index contributed by atoms with van der Waals surface area (Å²) in [5.74, 6) is 0. The fourth-order valence-corrected chi connectivity index (χ4v) is 2.76. The van der Waals surface area contributed by atoms with E-state index >= 15 is 0 Å². The van der Waals surface area contributed by atoms with Crippen molar-refractivity contribution in [3.05, 3.63) is 66.5 Å². The summed E-state index contributed by atoms with van der Waals surface area (Å²) in [7, 11) is 1.82. The van der Waals surface area contributed by atoms with E-state index in [1.165, 1.54) is 10.8 Å². The number of hydrogen-bond donors (Lipinski definition) is 1. The first kappa shape index (κ1) is 16.1. The Morgan fingerprint density at radius 1 is 1.17 bits per heavy atom. The van der Waals surface area contributed by atoms with E-state index in [2.05, 4.69) is 34.7 Å². The van der Waals surface area contributed by atoms with E-state index in [4.69, 9.17) is 0 Å². The zero-order chi connectivity index (χ0) is 16.8. The smallest absolute Gasteiger partial charge is 0.317 e. The molecular weight excluding hydrogens is 300 g/mol. The molecule has 24 heavy (non-hydrogen) atoms. The van der Waals surface area contributed by atoms with Gasteiger partial charge < -0.3 is 10.2 Å². The fourth-order valence-electron chi connectivity index (χ4n) is 2.76. The lowest BCUT2D eigenvalue weighted by molar-refractivity contribution is 0.206. The fraction of sp³-hybridized carbons (Fsp3) is 0.263. The van der Waals surface area contributed by atoms with Crippen molar-refractivity contribution < 1.29 is 4.79 Å². The van der Waals surface area contributed by atoms with E-state index in [0.29, 0.717) is 13.1 Å². The van der Waals surface area contributed by atoms with Crippen LogP contribution in [-0.2, 0) is 13.1 Å². The van der Waals surface area contributed by atoms with Gasteiger partial charge in [-0.15, -0.1) is 0 Å². The van der Waals surface area contributed by atoms with Gasteiger partial charge in [0.05, 0.1) is 0 Å². The number of carbonyl (C=O) groups excluding carboxylic acids is 1. The molecule has 0 aliphatic carbocycles. The third kappa shape index (κ3) is 3.93. The topological polar surface area (TPSA) is 50.2 Å². The highest BCUT2D eigenvalue weighted by Crippen LogP contribution is 2.19. The van der Waals surface area contributed by atoms with E-state index in [9.17, 15) is 4.79 Å². The van der Waals surface area contributed by atoms with Crippen molar-refractivity contribution in [3.8, 4) is 0 Å². The summed E-state index contributed by atoms with van der Waals surface area (Å²) in [5.41, 5.74) is 1.15. The predicted octanol–water partition coefficient (Wildman–Crippen LogP) is 3.27. The number of amides is 2. The number of nitrogens with one attached hydrogen (secondary N) is 1. The lowest BCUT2D eigenvalue weighted by atomic mass is 10.0. The summed E-state index contributed by atoms with van der Waals surface area (Å²) < 4.78 is 1.87. The highest BCUT2D eigenvalue weighted by Gasteiger charge is 2.10. The van der Waals surface area contributed by atoms with Crippen LogP contribution < -0.4 is 5.32 Å². The second kappa shape index (κ2) is 7.64. The molecular formula is C19H22N4O. The van der Waals surface area contributed by atoms with Gasteiger partial charge in [0, 0.05) is 39.1 Å². The van der Waals surface area contributed by atoms with E-state index in [0.717, 1.165) is 18.5 Å². The van der Waals surface area contributed by atoms with Gasteiger partial charge >= 0.3 is 6.03 Å². The van der Waals surface area contributed by atoms with Gasteiger partial charge in [-0.25, -0.2) is 4.79 Å². The van der Waals surface area contributed by atoms with Gasteiger partial charge in [0.25, 0.3) is 0 Å². The molecule has 124 valence electrons. The summed E-state index contributed by atoms with van der Waals surface area (Å²) in [5, 5.41) is 9.50. The molecule has 3 rings (SSSR count). The number of hydrogen-bond acceptors (Lipinski definition) is 2. The van der Waals surface area contributed by atoms with Crippen molar-refractivity contribution >= 4 is 16.8 Å². The first-order valence-electron chi connectivity index (χ1n) is 8.17. The minimum atomic E-state index is -0.0524. The number of carbonyl (C=O) groups is 1. The summed E-state index contributed by atoms with van der Waals surface area (Å²) in [6, 6.07) is 16.3. The number of fused-ring (bicyclic) bond motifs is 1. The van der Waals surface area contributed by atoms with Gasteiger partial charge in [0.2, 0.25) is 0 Å². The molecule has 0 saturated heterocycles. The van der Waals surface area contributed by atoms with E-state index < -0.39 is 0 Å². The maximum absolute atomic E-state index is 12.2. The van der Waals surface area contributed by atoms with E-state index in [-0.39, 0.29) is 6.03 Å². The third-order valence-corrected chi connectivity index (χ3v) is 4.03. The van der Waals surface area contributed by atoms with Crippen LogP contribution in [0.5, 0.6) is 0 Å². The molecule has 2 amide bonds. The molecule has 1 aromatic heterocycles. The molecule has 0 aliphatic rings. The molecule has 0 radical (unpaired) electrons. The maximum atomic E-state index is 12.2. The quantitative estimate of drug-likeness (QED) is 0.708. The standard InChI is InChI=1S/C19H22N4O/c1-22(19(24)20-11-5-13-23-14-6-12-21-23)15-17-9-4-8-16-7-2-3-10-18(16)17/h2-4,6-10,12,14H,5,11,13,15H2,1H3,(H,20,24). The minimum absolute atomic E-state index is 0.0524. The largest absolute Gasteiger partial charge is 0.338 e. The van der Waals surface area contributed by atoms with E-state index in [1.54, 1.807) is 11.1 Å². The molecule has 1 heterocycles. The monoisotopic (exact) mass is 322 g/mol. The molecule has 2 aromatic carbocycles. The number of urea groups is 1. The van der Waals surface area contributed by atoms with Gasteiger partial charge in [-0.3, -0.25) is 4.68 Å². The van der Waals surface area contributed by atoms with Gasteiger partial charge in [0.1, 0.15) is 0 Å². The van der Waals surface area contributed by atoms with Crippen LogP contribution in [0.4, 0.5) is 4.79 Å². The Morgan fingerprint density at radius 2 is 2.00 bits per heavy atom. The third-order valence-electron chi connectivity index (χ3n) is 4.03. The van der Waals surface area contributed by atoms with Crippen LogP contribution in [-0.4, -0.2) is 34.3 Å². The Morgan fingerprint density at radius 3 is 2.83 bits per heavy atom. The van der Waals surface area contributed by atoms with Crippen LogP contribution in [0.15, 0.2) is 60.9 Å². The second-order valence-electron chi connectivity index (χ2n) is 5.85. The van der Waals surface area contributed by atoms with E-state index in [1.807, 2.05) is 42.2 Å². The van der Waals surface area contributed by atoms with Crippen molar-refractivity contribution in [2.24, 2.45) is 0 Å². The summed E-state index contributed by atoms with van der Waals surface area (Å²) in [6.45, 7) is 2.03. The lowest BCUT2D eigenvalue weighted by Gasteiger charge is -2.19. The zero-order valence-corrected chi connectivity index (χ0v) is 13.9.